The van der Waals surface area contributed by atoms with Crippen LogP contribution < -0.4 is 9.04 Å². The van der Waals surface area contributed by atoms with Gasteiger partial charge in [0.15, 0.2) is 0 Å². The summed E-state index contributed by atoms with van der Waals surface area (Å²) in [5.41, 5.74) is 1.28. The smallest absolute Gasteiger partial charge is 0.342 e. The summed E-state index contributed by atoms with van der Waals surface area (Å²) in [7, 11) is -4.28. The fourth-order valence-corrected chi connectivity index (χ4v) is 5.56. The molecule has 0 atom stereocenters. The van der Waals surface area contributed by atoms with Crippen LogP contribution in [0.5, 0.6) is 5.75 Å². The number of furan rings is 1. The largest absolute Gasteiger partial charge is 0.494 e. The van der Waals surface area contributed by atoms with Gasteiger partial charge in [-0.05, 0) is 62.7 Å². The highest BCUT2D eigenvalue weighted by Crippen LogP contribution is 2.37. The molecule has 0 aliphatic heterocycles. The van der Waals surface area contributed by atoms with Crippen LogP contribution >= 0.6 is 0 Å². The van der Waals surface area contributed by atoms with Crippen LogP contribution in [0.15, 0.2) is 82.1 Å². The molecule has 0 saturated carbocycles. The van der Waals surface area contributed by atoms with Gasteiger partial charge in [0, 0.05) is 17.4 Å². The highest BCUT2D eigenvalue weighted by atomic mass is 32.2. The lowest BCUT2D eigenvalue weighted by molar-refractivity contribution is -0.117. The van der Waals surface area contributed by atoms with Crippen molar-refractivity contribution >= 4 is 38.6 Å². The van der Waals surface area contributed by atoms with Crippen LogP contribution in [0.1, 0.15) is 44.0 Å². The summed E-state index contributed by atoms with van der Waals surface area (Å²) >= 11 is 0. The van der Waals surface area contributed by atoms with Gasteiger partial charge < -0.3 is 13.9 Å². The van der Waals surface area contributed by atoms with Gasteiger partial charge in [0.2, 0.25) is 5.91 Å². The molecule has 1 heterocycles. The van der Waals surface area contributed by atoms with E-state index in [9.17, 15) is 18.0 Å². The molecule has 0 aliphatic carbocycles. The summed E-state index contributed by atoms with van der Waals surface area (Å²) in [6, 6.07) is 19.5. The molecule has 8 nitrogen and oxygen atoms in total. The van der Waals surface area contributed by atoms with Gasteiger partial charge in [-0.15, -0.1) is 0 Å². The van der Waals surface area contributed by atoms with Crippen LogP contribution in [-0.4, -0.2) is 33.5 Å². The maximum atomic E-state index is 13.8. The van der Waals surface area contributed by atoms with E-state index >= 15 is 0 Å². The first kappa shape index (κ1) is 26.9. The number of esters is 1. The number of benzene rings is 3. The second-order valence-corrected chi connectivity index (χ2v) is 10.2. The van der Waals surface area contributed by atoms with E-state index in [2.05, 4.69) is 0 Å². The Labute approximate surface area is 221 Å². The summed E-state index contributed by atoms with van der Waals surface area (Å²) in [5.74, 6) is -0.379. The third-order valence-electron chi connectivity index (χ3n) is 5.78. The number of ether oxygens (including phenoxy) is 2. The minimum absolute atomic E-state index is 0.0136. The summed E-state index contributed by atoms with van der Waals surface area (Å²) in [4.78, 5) is 26.2. The summed E-state index contributed by atoms with van der Waals surface area (Å²) in [6.45, 7) is 5.90. The SMILES string of the molecule is CCCC(=O)N(c1ccc2oc(-c3ccccc3)c(C(=O)OCC)c2c1)S(=O)(=O)c1ccc(OCC)cc1. The average molecular weight is 536 g/mol. The number of hydrogen-bond donors (Lipinski definition) is 0. The van der Waals surface area contributed by atoms with Gasteiger partial charge >= 0.3 is 5.97 Å². The van der Waals surface area contributed by atoms with E-state index in [1.54, 1.807) is 44.2 Å². The predicted molar refractivity (Wildman–Crippen MR) is 145 cm³/mol. The number of amides is 1. The number of hydrogen-bond acceptors (Lipinski definition) is 7. The second kappa shape index (κ2) is 11.5. The number of fused-ring (bicyclic) bond motifs is 1. The molecule has 38 heavy (non-hydrogen) atoms. The van der Waals surface area contributed by atoms with E-state index in [0.29, 0.717) is 41.1 Å². The zero-order chi connectivity index (χ0) is 27.3. The minimum Gasteiger partial charge on any atom is -0.494 e. The van der Waals surface area contributed by atoms with Gasteiger partial charge in [-0.25, -0.2) is 17.5 Å². The van der Waals surface area contributed by atoms with E-state index in [4.69, 9.17) is 13.9 Å². The first-order chi connectivity index (χ1) is 18.3. The van der Waals surface area contributed by atoms with Crippen LogP contribution in [0.4, 0.5) is 5.69 Å². The summed E-state index contributed by atoms with van der Waals surface area (Å²) in [6.07, 6.45) is 0.466. The maximum absolute atomic E-state index is 13.8. The molecular weight excluding hydrogens is 506 g/mol. The molecule has 0 unspecified atom stereocenters. The van der Waals surface area contributed by atoms with Crippen LogP contribution in [0.25, 0.3) is 22.3 Å². The highest BCUT2D eigenvalue weighted by molar-refractivity contribution is 7.93. The van der Waals surface area contributed by atoms with Crippen LogP contribution in [0, 0.1) is 0 Å². The molecule has 3 aromatic carbocycles. The third kappa shape index (κ3) is 5.28. The van der Waals surface area contributed by atoms with Gasteiger partial charge in [0.05, 0.1) is 23.8 Å². The number of sulfonamides is 1. The Morgan fingerprint density at radius 2 is 1.61 bits per heavy atom. The molecule has 0 spiro atoms. The first-order valence-electron chi connectivity index (χ1n) is 12.4. The van der Waals surface area contributed by atoms with Crippen molar-refractivity contribution in [2.75, 3.05) is 17.5 Å². The second-order valence-electron chi connectivity index (χ2n) is 8.39. The van der Waals surface area contributed by atoms with Crippen molar-refractivity contribution in [3.05, 3.63) is 78.4 Å². The molecule has 0 radical (unpaired) electrons. The van der Waals surface area contributed by atoms with Gasteiger partial charge in [0.1, 0.15) is 22.7 Å². The van der Waals surface area contributed by atoms with Crippen molar-refractivity contribution < 1.29 is 31.9 Å². The lowest BCUT2D eigenvalue weighted by atomic mass is 10.1. The Morgan fingerprint density at radius 3 is 2.24 bits per heavy atom. The number of nitrogens with zero attached hydrogens (tertiary/aromatic N) is 1. The number of carbonyl (C=O) groups is 2. The molecule has 0 N–H and O–H groups in total. The molecule has 4 aromatic rings. The van der Waals surface area contributed by atoms with Gasteiger partial charge in [-0.3, -0.25) is 4.79 Å². The van der Waals surface area contributed by atoms with E-state index in [1.165, 1.54) is 24.3 Å². The van der Waals surface area contributed by atoms with Crippen molar-refractivity contribution in [2.24, 2.45) is 0 Å². The highest BCUT2D eigenvalue weighted by Gasteiger charge is 2.32. The molecule has 198 valence electrons. The van der Waals surface area contributed by atoms with Crippen LogP contribution in [0.2, 0.25) is 0 Å². The normalized spacial score (nSPS) is 11.3. The molecule has 1 amide bonds. The van der Waals surface area contributed by atoms with Gasteiger partial charge in [-0.2, -0.15) is 0 Å². The van der Waals surface area contributed by atoms with Crippen molar-refractivity contribution in [3.8, 4) is 17.1 Å². The Hall–Kier alpha value is -4.11. The van der Waals surface area contributed by atoms with E-state index in [1.807, 2.05) is 25.1 Å². The van der Waals surface area contributed by atoms with Crippen molar-refractivity contribution in [1.29, 1.82) is 0 Å². The molecular formula is C29H29NO7S. The molecule has 0 saturated heterocycles. The fourth-order valence-electron chi connectivity index (χ4n) is 4.12. The fraction of sp³-hybridized carbons (Fsp3) is 0.241. The molecule has 4 rings (SSSR count). The number of anilines is 1. The third-order valence-corrected chi connectivity index (χ3v) is 7.55. The maximum Gasteiger partial charge on any atom is 0.342 e. The Kier molecular flexibility index (Phi) is 8.16. The van der Waals surface area contributed by atoms with E-state index in [-0.39, 0.29) is 29.2 Å². The zero-order valence-corrected chi connectivity index (χ0v) is 22.3. The quantitative estimate of drug-likeness (QED) is 0.223. The summed E-state index contributed by atoms with van der Waals surface area (Å²) < 4.78 is 45.0. The lowest BCUT2D eigenvalue weighted by Gasteiger charge is -2.23. The minimum atomic E-state index is -4.28. The van der Waals surface area contributed by atoms with Gasteiger partial charge in [0.25, 0.3) is 10.0 Å². The number of carbonyl (C=O) groups excluding carboxylic acids is 2. The molecule has 0 bridgehead atoms. The summed E-state index contributed by atoms with van der Waals surface area (Å²) in [5, 5.41) is 0.344. The first-order valence-corrected chi connectivity index (χ1v) is 13.9. The number of rotatable bonds is 10. The van der Waals surface area contributed by atoms with E-state index < -0.39 is 21.9 Å². The average Bonchev–Trinajstić information content (AvgIpc) is 3.29. The Bertz CT molecular complexity index is 1540. The van der Waals surface area contributed by atoms with Crippen molar-refractivity contribution in [2.45, 2.75) is 38.5 Å². The molecule has 0 aliphatic rings. The molecule has 9 heteroatoms. The van der Waals surface area contributed by atoms with Crippen molar-refractivity contribution in [3.63, 3.8) is 0 Å². The lowest BCUT2D eigenvalue weighted by Crippen LogP contribution is -2.36. The molecule has 1 aromatic heterocycles. The van der Waals surface area contributed by atoms with E-state index in [0.717, 1.165) is 4.31 Å². The Morgan fingerprint density at radius 1 is 0.895 bits per heavy atom. The standard InChI is InChI=1S/C29H29NO7S/c1-4-10-26(31)30(38(33,34)23-16-14-22(15-17-23)35-5-2)21-13-18-25-24(19-21)27(29(32)36-6-3)28(37-25)20-11-8-7-9-12-20/h7-9,11-19H,4-6,10H2,1-3H3. The topological polar surface area (TPSA) is 103 Å². The zero-order valence-electron chi connectivity index (χ0n) is 21.5. The molecule has 0 fully saturated rings. The monoisotopic (exact) mass is 535 g/mol. The van der Waals surface area contributed by atoms with Crippen LogP contribution in [0.3, 0.4) is 0 Å². The Balaban J connectivity index is 1.89. The van der Waals surface area contributed by atoms with Gasteiger partial charge in [-0.1, -0.05) is 37.3 Å². The van der Waals surface area contributed by atoms with Crippen LogP contribution in [-0.2, 0) is 19.6 Å². The predicted octanol–water partition coefficient (Wildman–Crippen LogP) is 6.20. The van der Waals surface area contributed by atoms with Crippen molar-refractivity contribution in [1.82, 2.24) is 0 Å².